The molecule has 1 atom stereocenters. The maximum absolute atomic E-state index is 13.2. The van der Waals surface area contributed by atoms with Crippen molar-refractivity contribution in [3.8, 4) is 5.75 Å². The number of benzene rings is 2. The fraction of sp³-hybridized carbons (Fsp3) is 0.222. The molecule has 24 heavy (non-hydrogen) atoms. The van der Waals surface area contributed by atoms with E-state index in [0.717, 1.165) is 4.90 Å². The Morgan fingerprint density at radius 1 is 1.21 bits per heavy atom. The lowest BCUT2D eigenvalue weighted by molar-refractivity contribution is -0.121. The molecule has 2 aromatic carbocycles. The van der Waals surface area contributed by atoms with Gasteiger partial charge in [-0.15, -0.1) is 0 Å². The second kappa shape index (κ2) is 6.31. The standard InChI is InChI=1S/C18H17FN2O3/c1-11-8-12(19)6-7-15(11)20-16-10-17(22)21(18(16)23)13-4-3-5-14(9-13)24-2/h3-9,16,20H,10H2,1-2H3/t16-/m0/s1. The van der Waals surface area contributed by atoms with Crippen LogP contribution in [0.15, 0.2) is 42.5 Å². The van der Waals surface area contributed by atoms with Crippen molar-refractivity contribution in [1.29, 1.82) is 0 Å². The molecule has 124 valence electrons. The summed E-state index contributed by atoms with van der Waals surface area (Å²) in [6.07, 6.45) is 0.0485. The van der Waals surface area contributed by atoms with Crippen LogP contribution < -0.4 is 15.0 Å². The molecule has 1 aliphatic rings. The first-order valence-electron chi connectivity index (χ1n) is 7.53. The van der Waals surface area contributed by atoms with Crippen molar-refractivity contribution in [3.05, 3.63) is 53.8 Å². The minimum Gasteiger partial charge on any atom is -0.497 e. The Kier molecular flexibility index (Phi) is 4.20. The summed E-state index contributed by atoms with van der Waals surface area (Å²) in [7, 11) is 1.52. The van der Waals surface area contributed by atoms with Gasteiger partial charge >= 0.3 is 0 Å². The van der Waals surface area contributed by atoms with Crippen LogP contribution in [0.25, 0.3) is 0 Å². The molecule has 0 aliphatic carbocycles. The summed E-state index contributed by atoms with van der Waals surface area (Å²) >= 11 is 0. The van der Waals surface area contributed by atoms with E-state index in [9.17, 15) is 14.0 Å². The molecule has 1 fully saturated rings. The highest BCUT2D eigenvalue weighted by Crippen LogP contribution is 2.28. The molecule has 0 radical (unpaired) electrons. The normalized spacial score (nSPS) is 17.3. The van der Waals surface area contributed by atoms with Crippen molar-refractivity contribution < 1.29 is 18.7 Å². The van der Waals surface area contributed by atoms with Crippen molar-refractivity contribution in [2.24, 2.45) is 0 Å². The molecule has 1 heterocycles. The van der Waals surface area contributed by atoms with Gasteiger partial charge in [-0.3, -0.25) is 9.59 Å². The zero-order valence-electron chi connectivity index (χ0n) is 13.4. The Balaban J connectivity index is 1.83. The third-order valence-electron chi connectivity index (χ3n) is 3.98. The van der Waals surface area contributed by atoms with E-state index in [-0.39, 0.29) is 24.1 Å². The molecule has 3 rings (SSSR count). The number of imide groups is 1. The van der Waals surface area contributed by atoms with Crippen LogP contribution >= 0.6 is 0 Å². The molecular formula is C18H17FN2O3. The lowest BCUT2D eigenvalue weighted by atomic mass is 10.1. The Morgan fingerprint density at radius 2 is 2.00 bits per heavy atom. The number of hydrogen-bond acceptors (Lipinski definition) is 4. The minimum absolute atomic E-state index is 0.0485. The van der Waals surface area contributed by atoms with Gasteiger partial charge in [-0.1, -0.05) is 6.07 Å². The van der Waals surface area contributed by atoms with Gasteiger partial charge in [-0.2, -0.15) is 0 Å². The number of nitrogens with zero attached hydrogens (tertiary/aromatic N) is 1. The Labute approximate surface area is 139 Å². The van der Waals surface area contributed by atoms with Gasteiger partial charge in [0.2, 0.25) is 5.91 Å². The molecule has 6 heteroatoms. The van der Waals surface area contributed by atoms with E-state index >= 15 is 0 Å². The molecular weight excluding hydrogens is 311 g/mol. The van der Waals surface area contributed by atoms with Crippen LogP contribution in [0.2, 0.25) is 0 Å². The minimum atomic E-state index is -0.673. The summed E-state index contributed by atoms with van der Waals surface area (Å²) in [5.74, 6) is -0.397. The first-order chi connectivity index (χ1) is 11.5. The van der Waals surface area contributed by atoms with Crippen molar-refractivity contribution in [2.75, 3.05) is 17.3 Å². The van der Waals surface area contributed by atoms with Gasteiger partial charge in [0.15, 0.2) is 0 Å². The lowest BCUT2D eigenvalue weighted by Gasteiger charge is -2.17. The van der Waals surface area contributed by atoms with Gasteiger partial charge in [0, 0.05) is 11.8 Å². The summed E-state index contributed by atoms with van der Waals surface area (Å²) in [5, 5.41) is 3.03. The molecule has 2 amide bonds. The van der Waals surface area contributed by atoms with Crippen LogP contribution in [0.5, 0.6) is 5.75 Å². The van der Waals surface area contributed by atoms with Crippen LogP contribution in [0, 0.1) is 12.7 Å². The van der Waals surface area contributed by atoms with E-state index in [4.69, 9.17) is 4.74 Å². The van der Waals surface area contributed by atoms with Crippen molar-refractivity contribution >= 4 is 23.2 Å². The molecule has 0 saturated carbocycles. The van der Waals surface area contributed by atoms with E-state index in [0.29, 0.717) is 22.7 Å². The topological polar surface area (TPSA) is 58.6 Å². The average molecular weight is 328 g/mol. The van der Waals surface area contributed by atoms with E-state index in [2.05, 4.69) is 5.32 Å². The van der Waals surface area contributed by atoms with Crippen molar-refractivity contribution in [2.45, 2.75) is 19.4 Å². The first kappa shape index (κ1) is 16.0. The van der Waals surface area contributed by atoms with Crippen LogP contribution in [0.4, 0.5) is 15.8 Å². The summed E-state index contributed by atoms with van der Waals surface area (Å²) in [5.41, 5.74) is 1.79. The average Bonchev–Trinajstić information content (AvgIpc) is 2.84. The fourth-order valence-electron chi connectivity index (χ4n) is 2.74. The number of carbonyl (C=O) groups excluding carboxylic acids is 2. The number of ether oxygens (including phenoxy) is 1. The van der Waals surface area contributed by atoms with E-state index in [1.165, 1.54) is 19.2 Å². The van der Waals surface area contributed by atoms with E-state index < -0.39 is 6.04 Å². The van der Waals surface area contributed by atoms with Crippen LogP contribution in [-0.2, 0) is 9.59 Å². The Hall–Kier alpha value is -2.89. The molecule has 1 aliphatic heterocycles. The van der Waals surface area contributed by atoms with E-state index in [1.807, 2.05) is 0 Å². The Bertz CT molecular complexity index is 807. The number of hydrogen-bond donors (Lipinski definition) is 1. The zero-order valence-corrected chi connectivity index (χ0v) is 13.4. The number of carbonyl (C=O) groups is 2. The van der Waals surface area contributed by atoms with Gasteiger partial charge in [0.05, 0.1) is 19.2 Å². The van der Waals surface area contributed by atoms with Crippen LogP contribution in [0.3, 0.4) is 0 Å². The van der Waals surface area contributed by atoms with E-state index in [1.54, 1.807) is 37.3 Å². The number of aryl methyl sites for hydroxylation is 1. The molecule has 1 saturated heterocycles. The third-order valence-corrected chi connectivity index (χ3v) is 3.98. The van der Waals surface area contributed by atoms with Crippen LogP contribution in [-0.4, -0.2) is 25.0 Å². The summed E-state index contributed by atoms with van der Waals surface area (Å²) < 4.78 is 18.3. The molecule has 2 aromatic rings. The predicted molar refractivity (Wildman–Crippen MR) is 88.7 cm³/mol. The second-order valence-corrected chi connectivity index (χ2v) is 5.63. The zero-order chi connectivity index (χ0) is 17.3. The summed E-state index contributed by atoms with van der Waals surface area (Å²) in [6, 6.07) is 10.4. The van der Waals surface area contributed by atoms with Gasteiger partial charge in [-0.05, 0) is 42.8 Å². The van der Waals surface area contributed by atoms with Gasteiger partial charge in [0.25, 0.3) is 5.91 Å². The summed E-state index contributed by atoms with van der Waals surface area (Å²) in [4.78, 5) is 26.1. The van der Waals surface area contributed by atoms with Gasteiger partial charge in [-0.25, -0.2) is 9.29 Å². The predicted octanol–water partition coefficient (Wildman–Crippen LogP) is 2.89. The number of halogens is 1. The quantitative estimate of drug-likeness (QED) is 0.877. The number of nitrogens with one attached hydrogen (secondary N) is 1. The second-order valence-electron chi connectivity index (χ2n) is 5.63. The molecule has 0 unspecified atom stereocenters. The third kappa shape index (κ3) is 2.95. The monoisotopic (exact) mass is 328 g/mol. The number of rotatable bonds is 4. The molecule has 1 N–H and O–H groups in total. The Morgan fingerprint density at radius 3 is 2.71 bits per heavy atom. The highest BCUT2D eigenvalue weighted by Gasteiger charge is 2.39. The smallest absolute Gasteiger partial charge is 0.256 e. The highest BCUT2D eigenvalue weighted by atomic mass is 19.1. The van der Waals surface area contributed by atoms with Gasteiger partial charge < -0.3 is 10.1 Å². The lowest BCUT2D eigenvalue weighted by Crippen LogP contribution is -2.34. The van der Waals surface area contributed by atoms with Crippen molar-refractivity contribution in [1.82, 2.24) is 0 Å². The first-order valence-corrected chi connectivity index (χ1v) is 7.53. The van der Waals surface area contributed by atoms with Gasteiger partial charge in [0.1, 0.15) is 17.6 Å². The molecule has 0 bridgehead atoms. The van der Waals surface area contributed by atoms with Crippen molar-refractivity contribution in [3.63, 3.8) is 0 Å². The molecule has 0 spiro atoms. The number of methoxy groups -OCH3 is 1. The van der Waals surface area contributed by atoms with Crippen LogP contribution in [0.1, 0.15) is 12.0 Å². The highest BCUT2D eigenvalue weighted by molar-refractivity contribution is 6.23. The fourth-order valence-corrected chi connectivity index (χ4v) is 2.74. The molecule has 0 aromatic heterocycles. The maximum atomic E-state index is 13.2. The largest absolute Gasteiger partial charge is 0.497 e. The SMILES string of the molecule is COc1cccc(N2C(=O)C[C@H](Nc3ccc(F)cc3C)C2=O)c1. The number of anilines is 2. The maximum Gasteiger partial charge on any atom is 0.256 e. The molecule has 5 nitrogen and oxygen atoms in total. The number of amides is 2. The summed E-state index contributed by atoms with van der Waals surface area (Å²) in [6.45, 7) is 1.74.